The fourth-order valence-electron chi connectivity index (χ4n) is 2.19. The smallest absolute Gasteiger partial charge is 0.248 e. The quantitative estimate of drug-likeness (QED) is 0.865. The van der Waals surface area contributed by atoms with Crippen molar-refractivity contribution in [1.82, 2.24) is 0 Å². The Bertz CT molecular complexity index is 647. The van der Waals surface area contributed by atoms with Crippen molar-refractivity contribution in [2.75, 3.05) is 11.9 Å². The van der Waals surface area contributed by atoms with Crippen molar-refractivity contribution in [3.63, 3.8) is 0 Å². The zero-order valence-corrected chi connectivity index (χ0v) is 11.0. The summed E-state index contributed by atoms with van der Waals surface area (Å²) >= 11 is 0. The van der Waals surface area contributed by atoms with E-state index in [0.717, 1.165) is 30.0 Å². The Morgan fingerprint density at radius 3 is 2.85 bits per heavy atom. The van der Waals surface area contributed by atoms with Gasteiger partial charge in [-0.05, 0) is 41.5 Å². The molecule has 100 valence electrons. The van der Waals surface area contributed by atoms with E-state index in [0.29, 0.717) is 0 Å². The average Bonchev–Trinajstić information content (AvgIpc) is 2.93. The topological polar surface area (TPSA) is 38.3 Å². The second-order valence-electron chi connectivity index (χ2n) is 4.65. The van der Waals surface area contributed by atoms with Gasteiger partial charge in [0.1, 0.15) is 5.75 Å². The number of hydrogen-bond acceptors (Lipinski definition) is 2. The Labute approximate surface area is 117 Å². The van der Waals surface area contributed by atoms with Crippen LogP contribution in [0.4, 0.5) is 5.69 Å². The lowest BCUT2D eigenvalue weighted by Gasteiger charge is -2.01. The lowest BCUT2D eigenvalue weighted by Crippen LogP contribution is -2.07. The lowest BCUT2D eigenvalue weighted by molar-refractivity contribution is -0.111. The molecular formula is C17H15NO2. The lowest BCUT2D eigenvalue weighted by atomic mass is 10.1. The van der Waals surface area contributed by atoms with Crippen molar-refractivity contribution in [1.29, 1.82) is 0 Å². The van der Waals surface area contributed by atoms with Crippen LogP contribution < -0.4 is 10.1 Å². The molecule has 3 nitrogen and oxygen atoms in total. The molecule has 0 unspecified atom stereocenters. The molecule has 0 radical (unpaired) electrons. The van der Waals surface area contributed by atoms with Crippen LogP contribution in [0.1, 0.15) is 11.1 Å². The third-order valence-corrected chi connectivity index (χ3v) is 3.18. The number of rotatable bonds is 3. The van der Waals surface area contributed by atoms with Crippen LogP contribution in [-0.4, -0.2) is 12.5 Å². The summed E-state index contributed by atoms with van der Waals surface area (Å²) < 4.78 is 5.45. The largest absolute Gasteiger partial charge is 0.493 e. The zero-order valence-electron chi connectivity index (χ0n) is 11.0. The van der Waals surface area contributed by atoms with E-state index in [1.165, 1.54) is 5.56 Å². The molecule has 1 aliphatic rings. The van der Waals surface area contributed by atoms with E-state index in [1.807, 2.05) is 48.5 Å². The molecule has 0 fully saturated rings. The predicted octanol–water partition coefficient (Wildman–Crippen LogP) is 3.27. The second kappa shape index (κ2) is 5.61. The van der Waals surface area contributed by atoms with E-state index in [9.17, 15) is 4.79 Å². The Morgan fingerprint density at radius 1 is 1.15 bits per heavy atom. The van der Waals surface area contributed by atoms with Crippen molar-refractivity contribution >= 4 is 17.7 Å². The van der Waals surface area contributed by atoms with Gasteiger partial charge in [0, 0.05) is 18.2 Å². The molecule has 0 spiro atoms. The van der Waals surface area contributed by atoms with Gasteiger partial charge in [-0.1, -0.05) is 24.3 Å². The molecule has 3 heteroatoms. The van der Waals surface area contributed by atoms with Gasteiger partial charge in [0.05, 0.1) is 6.61 Å². The van der Waals surface area contributed by atoms with Crippen molar-refractivity contribution < 1.29 is 9.53 Å². The minimum atomic E-state index is -0.132. The Hall–Kier alpha value is -2.55. The molecule has 3 rings (SSSR count). The van der Waals surface area contributed by atoms with E-state index in [1.54, 1.807) is 6.08 Å². The van der Waals surface area contributed by atoms with E-state index in [2.05, 4.69) is 11.4 Å². The summed E-state index contributed by atoms with van der Waals surface area (Å²) in [4.78, 5) is 11.8. The predicted molar refractivity (Wildman–Crippen MR) is 79.7 cm³/mol. The van der Waals surface area contributed by atoms with Gasteiger partial charge in [-0.2, -0.15) is 0 Å². The molecule has 2 aromatic carbocycles. The minimum Gasteiger partial charge on any atom is -0.493 e. The molecule has 0 aromatic heterocycles. The summed E-state index contributed by atoms with van der Waals surface area (Å²) in [5.41, 5.74) is 3.01. The maximum Gasteiger partial charge on any atom is 0.248 e. The van der Waals surface area contributed by atoms with Crippen LogP contribution in [0.5, 0.6) is 5.75 Å². The van der Waals surface area contributed by atoms with Gasteiger partial charge < -0.3 is 10.1 Å². The fraction of sp³-hybridized carbons (Fsp3) is 0.118. The first kappa shape index (κ1) is 12.5. The third kappa shape index (κ3) is 2.88. The number of hydrogen-bond donors (Lipinski definition) is 1. The van der Waals surface area contributed by atoms with Crippen LogP contribution >= 0.6 is 0 Å². The number of carbonyl (C=O) groups excluding carboxylic acids is 1. The van der Waals surface area contributed by atoms with Gasteiger partial charge in [-0.3, -0.25) is 4.79 Å². The maximum atomic E-state index is 11.8. The summed E-state index contributed by atoms with van der Waals surface area (Å²) in [6.07, 6.45) is 4.30. The summed E-state index contributed by atoms with van der Waals surface area (Å²) in [7, 11) is 0. The number of para-hydroxylation sites is 1. The highest BCUT2D eigenvalue weighted by atomic mass is 16.5. The van der Waals surface area contributed by atoms with Gasteiger partial charge in [0.15, 0.2) is 0 Å². The molecule has 2 aromatic rings. The van der Waals surface area contributed by atoms with Gasteiger partial charge in [-0.15, -0.1) is 0 Å². The molecule has 0 aliphatic carbocycles. The highest BCUT2D eigenvalue weighted by molar-refractivity contribution is 6.01. The molecule has 1 amide bonds. The minimum absolute atomic E-state index is 0.132. The van der Waals surface area contributed by atoms with Crippen LogP contribution in [0.25, 0.3) is 6.08 Å². The molecule has 1 aliphatic heterocycles. The Balaban J connectivity index is 1.66. The summed E-state index contributed by atoms with van der Waals surface area (Å²) in [5.74, 6) is 0.823. The molecular weight excluding hydrogens is 250 g/mol. The van der Waals surface area contributed by atoms with E-state index < -0.39 is 0 Å². The number of carbonyl (C=O) groups is 1. The monoisotopic (exact) mass is 265 g/mol. The van der Waals surface area contributed by atoms with Gasteiger partial charge >= 0.3 is 0 Å². The van der Waals surface area contributed by atoms with Crippen molar-refractivity contribution in [2.24, 2.45) is 0 Å². The second-order valence-corrected chi connectivity index (χ2v) is 4.65. The van der Waals surface area contributed by atoms with E-state index in [4.69, 9.17) is 4.74 Å². The first-order chi connectivity index (χ1) is 9.81. The number of ether oxygens (including phenoxy) is 1. The normalized spacial score (nSPS) is 13.0. The van der Waals surface area contributed by atoms with Crippen LogP contribution in [0.2, 0.25) is 0 Å². The first-order valence-corrected chi connectivity index (χ1v) is 6.61. The number of benzene rings is 2. The van der Waals surface area contributed by atoms with Gasteiger partial charge in [0.25, 0.3) is 0 Å². The average molecular weight is 265 g/mol. The summed E-state index contributed by atoms with van der Waals surface area (Å²) in [6.45, 7) is 0.747. The van der Waals surface area contributed by atoms with Crippen molar-refractivity contribution in [3.05, 3.63) is 65.7 Å². The number of anilines is 1. The Kier molecular flexibility index (Phi) is 3.50. The molecule has 1 N–H and O–H groups in total. The van der Waals surface area contributed by atoms with Crippen molar-refractivity contribution in [3.8, 4) is 5.75 Å². The van der Waals surface area contributed by atoms with Crippen LogP contribution in [-0.2, 0) is 11.2 Å². The SMILES string of the molecule is O=C(/C=C\c1ccc2c(c1)CCO2)Nc1ccccc1. The van der Waals surface area contributed by atoms with Gasteiger partial charge in [0.2, 0.25) is 5.91 Å². The zero-order chi connectivity index (χ0) is 13.8. The molecule has 0 saturated heterocycles. The van der Waals surface area contributed by atoms with E-state index >= 15 is 0 Å². The summed E-state index contributed by atoms with van der Waals surface area (Å²) in [5, 5.41) is 2.81. The highest BCUT2D eigenvalue weighted by Gasteiger charge is 2.11. The molecule has 20 heavy (non-hydrogen) atoms. The molecule has 1 heterocycles. The number of amides is 1. The maximum absolute atomic E-state index is 11.8. The first-order valence-electron chi connectivity index (χ1n) is 6.61. The van der Waals surface area contributed by atoms with E-state index in [-0.39, 0.29) is 5.91 Å². The fourth-order valence-corrected chi connectivity index (χ4v) is 2.19. The standard InChI is InChI=1S/C17H15NO2/c19-17(18-15-4-2-1-3-5-15)9-7-13-6-8-16-14(12-13)10-11-20-16/h1-9,12H,10-11H2,(H,18,19)/b9-7-. The van der Waals surface area contributed by atoms with Crippen LogP contribution in [0, 0.1) is 0 Å². The van der Waals surface area contributed by atoms with Gasteiger partial charge in [-0.25, -0.2) is 0 Å². The summed E-state index contributed by atoms with van der Waals surface area (Å²) in [6, 6.07) is 15.4. The van der Waals surface area contributed by atoms with Crippen molar-refractivity contribution in [2.45, 2.75) is 6.42 Å². The number of fused-ring (bicyclic) bond motifs is 1. The third-order valence-electron chi connectivity index (χ3n) is 3.18. The van der Waals surface area contributed by atoms with Crippen LogP contribution in [0.15, 0.2) is 54.6 Å². The highest BCUT2D eigenvalue weighted by Crippen LogP contribution is 2.26. The Morgan fingerprint density at radius 2 is 2.00 bits per heavy atom. The number of nitrogens with one attached hydrogen (secondary N) is 1. The molecule has 0 bridgehead atoms. The molecule has 0 saturated carbocycles. The molecule has 0 atom stereocenters. The van der Waals surface area contributed by atoms with Crippen LogP contribution in [0.3, 0.4) is 0 Å².